The van der Waals surface area contributed by atoms with Gasteiger partial charge in [0.25, 0.3) is 0 Å². The van der Waals surface area contributed by atoms with Gasteiger partial charge in [0.1, 0.15) is 5.83 Å². The summed E-state index contributed by atoms with van der Waals surface area (Å²) in [6.07, 6.45) is -2.96. The zero-order valence-electron chi connectivity index (χ0n) is 9.93. The average molecular weight is 298 g/mol. The molecular weight excluding hydrogens is 284 g/mol. The number of halogens is 4. The van der Waals surface area contributed by atoms with E-state index in [9.17, 15) is 17.6 Å². The van der Waals surface area contributed by atoms with Crippen LogP contribution in [0.4, 0.5) is 17.6 Å². The van der Waals surface area contributed by atoms with Gasteiger partial charge in [0.05, 0.1) is 12.5 Å². The van der Waals surface area contributed by atoms with Gasteiger partial charge in [0, 0.05) is 18.7 Å². The lowest BCUT2D eigenvalue weighted by atomic mass is 9.95. The molecule has 0 fully saturated rings. The molecule has 3 N–H and O–H groups in total. The third-order valence-electron chi connectivity index (χ3n) is 2.52. The predicted molar refractivity (Wildman–Crippen MR) is 67.1 cm³/mol. The summed E-state index contributed by atoms with van der Waals surface area (Å²) in [6.45, 7) is -0.0461. The van der Waals surface area contributed by atoms with Crippen LogP contribution in [0.5, 0.6) is 0 Å². The first kappa shape index (κ1) is 15.9. The highest BCUT2D eigenvalue weighted by Gasteiger charge is 2.39. The summed E-state index contributed by atoms with van der Waals surface area (Å²) >= 11 is 4.80. The van der Waals surface area contributed by atoms with Crippen LogP contribution >= 0.6 is 12.2 Å². The molecule has 0 saturated carbocycles. The monoisotopic (exact) mass is 298 g/mol. The van der Waals surface area contributed by atoms with Crippen molar-refractivity contribution in [3.05, 3.63) is 23.6 Å². The van der Waals surface area contributed by atoms with Crippen molar-refractivity contribution >= 4 is 17.3 Å². The molecule has 1 rings (SSSR count). The number of aliphatic hydroxyl groups excluding tert-OH is 1. The molecule has 1 aliphatic carbocycles. The van der Waals surface area contributed by atoms with Gasteiger partial charge in [-0.2, -0.15) is 13.2 Å². The van der Waals surface area contributed by atoms with E-state index in [0.717, 1.165) is 12.2 Å². The minimum Gasteiger partial charge on any atom is -0.395 e. The van der Waals surface area contributed by atoms with Gasteiger partial charge in [0.15, 0.2) is 5.11 Å². The maximum atomic E-state index is 13.4. The summed E-state index contributed by atoms with van der Waals surface area (Å²) in [5.74, 6) is -2.33. The third kappa shape index (κ3) is 5.15. The van der Waals surface area contributed by atoms with E-state index in [2.05, 4.69) is 10.6 Å². The smallest absolute Gasteiger partial charge is 0.395 e. The molecule has 0 aromatic rings. The van der Waals surface area contributed by atoms with Gasteiger partial charge in [-0.15, -0.1) is 0 Å². The van der Waals surface area contributed by atoms with Crippen molar-refractivity contribution in [3.8, 4) is 0 Å². The molecule has 1 aliphatic rings. The quantitative estimate of drug-likeness (QED) is 0.547. The SMILES string of the molecule is OCCNC(=S)NCC1=CC(C(F)(F)F)CC=C1F. The number of aliphatic hydroxyl groups is 1. The molecule has 0 aliphatic heterocycles. The number of rotatable bonds is 4. The molecule has 1 atom stereocenters. The van der Waals surface area contributed by atoms with Crippen molar-refractivity contribution in [2.75, 3.05) is 19.7 Å². The maximum absolute atomic E-state index is 13.4. The normalized spacial score (nSPS) is 19.5. The Morgan fingerprint density at radius 3 is 2.68 bits per heavy atom. The average Bonchev–Trinajstić information content (AvgIpc) is 2.33. The topological polar surface area (TPSA) is 44.3 Å². The summed E-state index contributed by atoms with van der Waals surface area (Å²) in [5, 5.41) is 13.9. The Bertz CT molecular complexity index is 393. The summed E-state index contributed by atoms with van der Waals surface area (Å²) in [5.41, 5.74) is -0.0678. The second-order valence-corrected chi connectivity index (χ2v) is 4.37. The number of alkyl halides is 3. The van der Waals surface area contributed by atoms with Crippen molar-refractivity contribution < 1.29 is 22.7 Å². The van der Waals surface area contributed by atoms with Crippen LogP contribution in [-0.4, -0.2) is 36.1 Å². The van der Waals surface area contributed by atoms with Gasteiger partial charge in [-0.1, -0.05) is 6.08 Å². The van der Waals surface area contributed by atoms with E-state index < -0.39 is 17.9 Å². The zero-order valence-corrected chi connectivity index (χ0v) is 10.7. The molecular formula is C11H14F4N2OS. The van der Waals surface area contributed by atoms with E-state index >= 15 is 0 Å². The van der Waals surface area contributed by atoms with Crippen molar-refractivity contribution in [1.82, 2.24) is 10.6 Å². The number of allylic oxidation sites excluding steroid dienone is 2. The van der Waals surface area contributed by atoms with Crippen LogP contribution in [0.1, 0.15) is 6.42 Å². The van der Waals surface area contributed by atoms with Crippen LogP contribution < -0.4 is 10.6 Å². The molecule has 0 aromatic heterocycles. The fraction of sp³-hybridized carbons (Fsp3) is 0.545. The van der Waals surface area contributed by atoms with Gasteiger partial charge < -0.3 is 15.7 Å². The molecule has 0 saturated heterocycles. The number of hydrogen-bond acceptors (Lipinski definition) is 2. The Balaban J connectivity index is 2.57. The summed E-state index contributed by atoms with van der Waals surface area (Å²) < 4.78 is 51.0. The minimum atomic E-state index is -4.38. The molecule has 0 amide bonds. The van der Waals surface area contributed by atoms with E-state index in [1.165, 1.54) is 0 Å². The van der Waals surface area contributed by atoms with Crippen LogP contribution in [0.15, 0.2) is 23.6 Å². The van der Waals surface area contributed by atoms with Crippen molar-refractivity contribution in [1.29, 1.82) is 0 Å². The Hall–Kier alpha value is -1.15. The molecule has 19 heavy (non-hydrogen) atoms. The standard InChI is InChI=1S/C11H14F4N2OS/c12-9-2-1-8(11(13,14)15)5-7(9)6-17-10(19)16-3-4-18/h2,5,8,18H,1,3-4,6H2,(H2,16,17,19). The lowest BCUT2D eigenvalue weighted by Crippen LogP contribution is -2.38. The van der Waals surface area contributed by atoms with Gasteiger partial charge >= 0.3 is 6.18 Å². The maximum Gasteiger partial charge on any atom is 0.395 e. The fourth-order valence-electron chi connectivity index (χ4n) is 1.53. The minimum absolute atomic E-state index is 0.0678. The largest absolute Gasteiger partial charge is 0.395 e. The highest BCUT2D eigenvalue weighted by Crippen LogP contribution is 2.35. The van der Waals surface area contributed by atoms with E-state index in [0.29, 0.717) is 0 Å². The van der Waals surface area contributed by atoms with E-state index in [1.807, 2.05) is 0 Å². The first-order valence-electron chi connectivity index (χ1n) is 5.60. The van der Waals surface area contributed by atoms with Gasteiger partial charge in [0.2, 0.25) is 0 Å². The highest BCUT2D eigenvalue weighted by atomic mass is 32.1. The van der Waals surface area contributed by atoms with E-state index in [1.54, 1.807) is 0 Å². The molecule has 0 bridgehead atoms. The van der Waals surface area contributed by atoms with Crippen LogP contribution in [0.2, 0.25) is 0 Å². The van der Waals surface area contributed by atoms with Gasteiger partial charge in [-0.05, 0) is 24.7 Å². The fourth-order valence-corrected chi connectivity index (χ4v) is 1.71. The number of nitrogens with one attached hydrogen (secondary N) is 2. The van der Waals surface area contributed by atoms with Crippen LogP contribution in [0.25, 0.3) is 0 Å². The van der Waals surface area contributed by atoms with Crippen molar-refractivity contribution in [3.63, 3.8) is 0 Å². The summed E-state index contributed by atoms with van der Waals surface area (Å²) in [4.78, 5) is 0. The first-order valence-corrected chi connectivity index (χ1v) is 6.01. The first-order chi connectivity index (χ1) is 8.84. The van der Waals surface area contributed by atoms with Gasteiger partial charge in [-0.25, -0.2) is 4.39 Å². The van der Waals surface area contributed by atoms with Crippen LogP contribution in [0.3, 0.4) is 0 Å². The van der Waals surface area contributed by atoms with E-state index in [4.69, 9.17) is 17.3 Å². The van der Waals surface area contributed by atoms with Gasteiger partial charge in [-0.3, -0.25) is 0 Å². The number of thiocarbonyl (C=S) groups is 1. The second-order valence-electron chi connectivity index (χ2n) is 3.96. The highest BCUT2D eigenvalue weighted by molar-refractivity contribution is 7.80. The van der Waals surface area contributed by atoms with Crippen LogP contribution in [0, 0.1) is 5.92 Å². The molecule has 0 aromatic carbocycles. The molecule has 0 heterocycles. The second kappa shape index (κ2) is 6.85. The zero-order chi connectivity index (χ0) is 14.5. The number of hydrogen-bond donors (Lipinski definition) is 3. The van der Waals surface area contributed by atoms with Crippen LogP contribution in [-0.2, 0) is 0 Å². The lowest BCUT2D eigenvalue weighted by molar-refractivity contribution is -0.160. The van der Waals surface area contributed by atoms with Crippen molar-refractivity contribution in [2.24, 2.45) is 5.92 Å². The Kier molecular flexibility index (Phi) is 5.74. The Labute approximate surface area is 113 Å². The molecule has 108 valence electrons. The summed E-state index contributed by atoms with van der Waals surface area (Å²) in [7, 11) is 0. The third-order valence-corrected chi connectivity index (χ3v) is 2.81. The predicted octanol–water partition coefficient (Wildman–Crippen LogP) is 1.80. The lowest BCUT2D eigenvalue weighted by Gasteiger charge is -2.21. The molecule has 8 heteroatoms. The molecule has 1 unspecified atom stereocenters. The Morgan fingerprint density at radius 2 is 2.11 bits per heavy atom. The summed E-state index contributed by atoms with van der Waals surface area (Å²) in [6, 6.07) is 0. The molecule has 0 spiro atoms. The Morgan fingerprint density at radius 1 is 1.42 bits per heavy atom. The van der Waals surface area contributed by atoms with E-state index in [-0.39, 0.29) is 36.8 Å². The van der Waals surface area contributed by atoms with Crippen molar-refractivity contribution in [2.45, 2.75) is 12.6 Å². The molecule has 0 radical (unpaired) electrons. The molecule has 3 nitrogen and oxygen atoms in total.